The molecule has 1 aromatic rings. The molecule has 5 nitrogen and oxygen atoms in total. The van der Waals surface area contributed by atoms with Crippen molar-refractivity contribution in [3.8, 4) is 5.75 Å². The van der Waals surface area contributed by atoms with Crippen LogP contribution in [-0.4, -0.2) is 73.6 Å². The van der Waals surface area contributed by atoms with Crippen molar-refractivity contribution in [3.05, 3.63) is 28.8 Å². The van der Waals surface area contributed by atoms with Gasteiger partial charge in [0.15, 0.2) is 0 Å². The van der Waals surface area contributed by atoms with Gasteiger partial charge in [-0.1, -0.05) is 30.5 Å². The molecule has 0 aliphatic carbocycles. The third-order valence-electron chi connectivity index (χ3n) is 5.61. The Labute approximate surface area is 168 Å². The van der Waals surface area contributed by atoms with E-state index in [1.54, 1.807) is 0 Å². The highest BCUT2D eigenvalue weighted by molar-refractivity contribution is 6.32. The van der Waals surface area contributed by atoms with Crippen LogP contribution in [-0.2, 0) is 11.3 Å². The van der Waals surface area contributed by atoms with Crippen LogP contribution in [0, 0.1) is 0 Å². The number of halogens is 1. The number of morpholine rings is 1. The van der Waals surface area contributed by atoms with Gasteiger partial charge in [0, 0.05) is 38.8 Å². The van der Waals surface area contributed by atoms with Crippen LogP contribution < -0.4 is 4.74 Å². The lowest BCUT2D eigenvalue weighted by atomic mass is 10.1. The zero-order valence-corrected chi connectivity index (χ0v) is 17.0. The fourth-order valence-corrected chi connectivity index (χ4v) is 4.28. The molecule has 2 fully saturated rings. The van der Waals surface area contributed by atoms with Crippen LogP contribution in [0.1, 0.15) is 37.7 Å². The molecule has 0 saturated carbocycles. The summed E-state index contributed by atoms with van der Waals surface area (Å²) in [5.74, 6) is 0.761. The minimum absolute atomic E-state index is 0.262. The van der Waals surface area contributed by atoms with Gasteiger partial charge in [0.1, 0.15) is 12.4 Å². The highest BCUT2D eigenvalue weighted by atomic mass is 35.5. The van der Waals surface area contributed by atoms with E-state index in [1.165, 1.54) is 31.2 Å². The number of nitrogens with zero attached hydrogens (tertiary/aromatic N) is 2. The fraction of sp³-hybridized carbons (Fsp3) is 0.714. The first-order valence-corrected chi connectivity index (χ1v) is 10.7. The SMILES string of the molecule is OCC[C@H]1CCCCCN1Cc1ccc(OCCN2CCOCC2)c(Cl)c1. The number of aliphatic hydroxyl groups is 1. The number of aliphatic hydroxyl groups excluding tert-OH is 1. The van der Waals surface area contributed by atoms with E-state index in [4.69, 9.17) is 21.1 Å². The number of ether oxygens (including phenoxy) is 2. The van der Waals surface area contributed by atoms with Gasteiger partial charge in [-0.25, -0.2) is 0 Å². The van der Waals surface area contributed by atoms with Crippen molar-refractivity contribution in [1.29, 1.82) is 0 Å². The number of rotatable bonds is 8. The van der Waals surface area contributed by atoms with Crippen LogP contribution in [0.2, 0.25) is 5.02 Å². The second-order valence-electron chi connectivity index (χ2n) is 7.55. The van der Waals surface area contributed by atoms with E-state index in [0.717, 1.165) is 58.1 Å². The van der Waals surface area contributed by atoms with Crippen molar-refractivity contribution in [2.45, 2.75) is 44.7 Å². The molecule has 2 heterocycles. The third-order valence-corrected chi connectivity index (χ3v) is 5.91. The largest absolute Gasteiger partial charge is 0.491 e. The van der Waals surface area contributed by atoms with Crippen molar-refractivity contribution in [1.82, 2.24) is 9.80 Å². The minimum Gasteiger partial charge on any atom is -0.491 e. The highest BCUT2D eigenvalue weighted by Crippen LogP contribution is 2.28. The molecule has 2 saturated heterocycles. The average Bonchev–Trinajstić information content (AvgIpc) is 2.90. The van der Waals surface area contributed by atoms with Crippen LogP contribution in [0.25, 0.3) is 0 Å². The fourth-order valence-electron chi connectivity index (χ4n) is 4.02. The summed E-state index contributed by atoms with van der Waals surface area (Å²) in [5.41, 5.74) is 1.21. The maximum absolute atomic E-state index is 9.38. The van der Waals surface area contributed by atoms with Gasteiger partial charge in [0.2, 0.25) is 0 Å². The molecule has 0 bridgehead atoms. The van der Waals surface area contributed by atoms with E-state index >= 15 is 0 Å². The molecule has 2 aliphatic heterocycles. The smallest absolute Gasteiger partial charge is 0.137 e. The van der Waals surface area contributed by atoms with Crippen molar-refractivity contribution in [2.24, 2.45) is 0 Å². The van der Waals surface area contributed by atoms with E-state index in [0.29, 0.717) is 17.7 Å². The van der Waals surface area contributed by atoms with Crippen LogP contribution in [0.4, 0.5) is 0 Å². The molecule has 3 rings (SSSR count). The molecule has 1 aromatic carbocycles. The molecule has 1 N–H and O–H groups in total. The Morgan fingerprint density at radius 3 is 2.78 bits per heavy atom. The summed E-state index contributed by atoms with van der Waals surface area (Å²) in [6, 6.07) is 6.62. The Hall–Kier alpha value is -0.850. The van der Waals surface area contributed by atoms with E-state index in [9.17, 15) is 5.11 Å². The zero-order valence-electron chi connectivity index (χ0n) is 16.2. The van der Waals surface area contributed by atoms with Crippen LogP contribution in [0.5, 0.6) is 5.75 Å². The summed E-state index contributed by atoms with van der Waals surface area (Å²) in [6.45, 7) is 7.35. The third kappa shape index (κ3) is 6.61. The lowest BCUT2D eigenvalue weighted by Gasteiger charge is -2.29. The quantitative estimate of drug-likeness (QED) is 0.731. The molecule has 6 heteroatoms. The molecular weight excluding hydrogens is 364 g/mol. The Balaban J connectivity index is 1.52. The van der Waals surface area contributed by atoms with Gasteiger partial charge >= 0.3 is 0 Å². The van der Waals surface area contributed by atoms with Gasteiger partial charge in [0.25, 0.3) is 0 Å². The maximum atomic E-state index is 9.38. The van der Waals surface area contributed by atoms with E-state index < -0.39 is 0 Å². The molecule has 27 heavy (non-hydrogen) atoms. The standard InChI is InChI=1S/C21H33ClN2O3/c22-20-16-18(17-24-8-3-1-2-4-19(24)7-12-25)5-6-21(20)27-15-11-23-9-13-26-14-10-23/h5-6,16,19,25H,1-4,7-15,17H2/t19-/m1/s1. The van der Waals surface area contributed by atoms with Gasteiger partial charge < -0.3 is 14.6 Å². The predicted molar refractivity (Wildman–Crippen MR) is 109 cm³/mol. The molecule has 0 aromatic heterocycles. The normalized spacial score (nSPS) is 22.5. The van der Waals surface area contributed by atoms with E-state index in [1.807, 2.05) is 12.1 Å². The lowest BCUT2D eigenvalue weighted by Crippen LogP contribution is -2.38. The topological polar surface area (TPSA) is 45.2 Å². The molecule has 0 amide bonds. The summed E-state index contributed by atoms with van der Waals surface area (Å²) in [6.07, 6.45) is 5.82. The van der Waals surface area contributed by atoms with Crippen molar-refractivity contribution in [2.75, 3.05) is 52.6 Å². The maximum Gasteiger partial charge on any atom is 0.137 e. The summed E-state index contributed by atoms with van der Waals surface area (Å²) in [4.78, 5) is 4.86. The monoisotopic (exact) mass is 396 g/mol. The zero-order chi connectivity index (χ0) is 18.9. The van der Waals surface area contributed by atoms with Gasteiger partial charge in [-0.05, 0) is 43.5 Å². The number of likely N-dealkylation sites (tertiary alicyclic amines) is 1. The molecule has 1 atom stereocenters. The summed E-state index contributed by atoms with van der Waals surface area (Å²) < 4.78 is 11.3. The summed E-state index contributed by atoms with van der Waals surface area (Å²) in [5, 5.41) is 10.1. The van der Waals surface area contributed by atoms with Gasteiger partial charge in [-0.3, -0.25) is 9.80 Å². The first kappa shape index (κ1) is 20.9. The summed E-state index contributed by atoms with van der Waals surface area (Å²) in [7, 11) is 0. The molecule has 0 unspecified atom stereocenters. The van der Waals surface area contributed by atoms with Gasteiger partial charge in [-0.2, -0.15) is 0 Å². The van der Waals surface area contributed by atoms with Gasteiger partial charge in [0.05, 0.1) is 18.2 Å². The highest BCUT2D eigenvalue weighted by Gasteiger charge is 2.21. The first-order valence-electron chi connectivity index (χ1n) is 10.3. The molecule has 0 spiro atoms. The van der Waals surface area contributed by atoms with Crippen LogP contribution >= 0.6 is 11.6 Å². The Morgan fingerprint density at radius 2 is 2.00 bits per heavy atom. The minimum atomic E-state index is 0.262. The molecule has 2 aliphatic rings. The lowest BCUT2D eigenvalue weighted by molar-refractivity contribution is 0.0322. The van der Waals surface area contributed by atoms with Crippen LogP contribution in [0.3, 0.4) is 0 Å². The molecule has 152 valence electrons. The second kappa shape index (κ2) is 11.2. The number of benzene rings is 1. The molecule has 0 radical (unpaired) electrons. The van der Waals surface area contributed by atoms with Crippen molar-refractivity contribution < 1.29 is 14.6 Å². The second-order valence-corrected chi connectivity index (χ2v) is 7.96. The Bertz CT molecular complexity index is 566. The van der Waals surface area contributed by atoms with Crippen LogP contribution in [0.15, 0.2) is 18.2 Å². The number of hydrogen-bond donors (Lipinski definition) is 1. The number of hydrogen-bond acceptors (Lipinski definition) is 5. The average molecular weight is 397 g/mol. The Kier molecular flexibility index (Phi) is 8.68. The first-order chi connectivity index (χ1) is 13.3. The predicted octanol–water partition coefficient (Wildman–Crippen LogP) is 3.18. The molecular formula is C21H33ClN2O3. The summed E-state index contributed by atoms with van der Waals surface area (Å²) >= 11 is 6.48. The van der Waals surface area contributed by atoms with E-state index in [-0.39, 0.29) is 6.61 Å². The van der Waals surface area contributed by atoms with E-state index in [2.05, 4.69) is 15.9 Å². The van der Waals surface area contributed by atoms with Crippen molar-refractivity contribution in [3.63, 3.8) is 0 Å². The Morgan fingerprint density at radius 1 is 1.15 bits per heavy atom. The van der Waals surface area contributed by atoms with Crippen molar-refractivity contribution >= 4 is 11.6 Å². The van der Waals surface area contributed by atoms with Gasteiger partial charge in [-0.15, -0.1) is 0 Å².